The van der Waals surface area contributed by atoms with Crippen molar-refractivity contribution in [3.8, 4) is 5.75 Å². The highest BCUT2D eigenvalue weighted by atomic mass is 35.5. The SMILES string of the molecule is Cc1c(C(=O)c2ccc(Cl)cc2)c2cc(O)ccc2n1CC(=O)c1nc2ncccc2o1. The largest absolute Gasteiger partial charge is 0.508 e. The molecule has 0 radical (unpaired) electrons. The van der Waals surface area contributed by atoms with E-state index >= 15 is 0 Å². The van der Waals surface area contributed by atoms with Gasteiger partial charge in [0.05, 0.1) is 12.1 Å². The predicted octanol–water partition coefficient (Wildman–Crippen LogP) is 4.96. The van der Waals surface area contributed by atoms with Gasteiger partial charge in [0, 0.05) is 33.4 Å². The first-order valence-corrected chi connectivity index (χ1v) is 10.2. The fourth-order valence-electron chi connectivity index (χ4n) is 3.81. The average molecular weight is 446 g/mol. The van der Waals surface area contributed by atoms with E-state index in [1.807, 2.05) is 0 Å². The van der Waals surface area contributed by atoms with Crippen LogP contribution in [0.3, 0.4) is 0 Å². The van der Waals surface area contributed by atoms with Crippen molar-refractivity contribution in [2.45, 2.75) is 13.5 Å². The van der Waals surface area contributed by atoms with E-state index in [0.29, 0.717) is 44.0 Å². The van der Waals surface area contributed by atoms with Crippen molar-refractivity contribution < 1.29 is 19.1 Å². The Labute approximate surface area is 186 Å². The lowest BCUT2D eigenvalue weighted by molar-refractivity contribution is 0.0939. The molecule has 0 saturated heterocycles. The molecule has 7 nitrogen and oxygen atoms in total. The summed E-state index contributed by atoms with van der Waals surface area (Å²) >= 11 is 5.95. The Morgan fingerprint density at radius 3 is 2.66 bits per heavy atom. The Morgan fingerprint density at radius 2 is 1.91 bits per heavy atom. The summed E-state index contributed by atoms with van der Waals surface area (Å²) in [5.74, 6) is -0.617. The van der Waals surface area contributed by atoms with Crippen molar-refractivity contribution in [3.05, 3.63) is 88.5 Å². The van der Waals surface area contributed by atoms with Crippen LogP contribution in [-0.2, 0) is 6.54 Å². The molecule has 158 valence electrons. The quantitative estimate of drug-likeness (QED) is 0.384. The van der Waals surface area contributed by atoms with E-state index in [4.69, 9.17) is 16.0 Å². The molecule has 1 N–H and O–H groups in total. The number of pyridine rings is 1. The van der Waals surface area contributed by atoms with Gasteiger partial charge in [-0.2, -0.15) is 4.98 Å². The fraction of sp³-hybridized carbons (Fsp3) is 0.0833. The molecule has 32 heavy (non-hydrogen) atoms. The van der Waals surface area contributed by atoms with E-state index in [2.05, 4.69) is 9.97 Å². The molecule has 0 fully saturated rings. The Kier molecular flexibility index (Phi) is 4.75. The monoisotopic (exact) mass is 445 g/mol. The molecule has 0 atom stereocenters. The number of Topliss-reactive ketones (excluding diaryl/α,β-unsaturated/α-hetero) is 1. The van der Waals surface area contributed by atoms with Crippen molar-refractivity contribution in [2.24, 2.45) is 0 Å². The number of benzene rings is 2. The van der Waals surface area contributed by atoms with Gasteiger partial charge in [-0.05, 0) is 61.5 Å². The number of carbonyl (C=O) groups is 2. The zero-order valence-corrected chi connectivity index (χ0v) is 17.6. The van der Waals surface area contributed by atoms with Gasteiger partial charge < -0.3 is 14.1 Å². The summed E-state index contributed by atoms with van der Waals surface area (Å²) in [6.07, 6.45) is 1.57. The Hall–Kier alpha value is -3.97. The number of ketones is 2. The van der Waals surface area contributed by atoms with Gasteiger partial charge in [0.15, 0.2) is 17.0 Å². The average Bonchev–Trinajstić information content (AvgIpc) is 3.33. The summed E-state index contributed by atoms with van der Waals surface area (Å²) in [6.45, 7) is 1.68. The summed E-state index contributed by atoms with van der Waals surface area (Å²) in [5.41, 5.74) is 2.87. The Bertz CT molecular complexity index is 1480. The van der Waals surface area contributed by atoms with E-state index < -0.39 is 0 Å². The molecule has 0 aliphatic rings. The second-order valence-electron chi connectivity index (χ2n) is 7.35. The molecule has 2 aromatic carbocycles. The number of aromatic nitrogens is 3. The second kappa shape index (κ2) is 7.62. The molecule has 0 unspecified atom stereocenters. The number of carbonyl (C=O) groups excluding carboxylic acids is 2. The molecule has 3 heterocycles. The molecule has 8 heteroatoms. The normalized spacial score (nSPS) is 11.3. The molecule has 0 aliphatic heterocycles. The van der Waals surface area contributed by atoms with E-state index in [1.54, 1.807) is 60.2 Å². The van der Waals surface area contributed by atoms with Crippen molar-refractivity contribution in [2.75, 3.05) is 0 Å². The standard InChI is InChI=1S/C24H16ClN3O4/c1-13-21(22(31)14-4-6-15(25)7-5-14)17-11-16(29)8-9-18(17)28(13)12-19(30)24-27-23-20(32-24)3-2-10-26-23/h2-11,29H,12H2,1H3. The van der Waals surface area contributed by atoms with Gasteiger partial charge in [-0.1, -0.05) is 11.6 Å². The molecule has 5 rings (SSSR count). The van der Waals surface area contributed by atoms with E-state index in [1.165, 1.54) is 12.1 Å². The van der Waals surface area contributed by atoms with Crippen LogP contribution in [0.1, 0.15) is 32.3 Å². The van der Waals surface area contributed by atoms with Crippen molar-refractivity contribution in [3.63, 3.8) is 0 Å². The number of hydrogen-bond donors (Lipinski definition) is 1. The summed E-state index contributed by atoms with van der Waals surface area (Å²) in [5, 5.41) is 11.1. The maximum Gasteiger partial charge on any atom is 0.267 e. The summed E-state index contributed by atoms with van der Waals surface area (Å²) < 4.78 is 7.28. The number of rotatable bonds is 5. The lowest BCUT2D eigenvalue weighted by Gasteiger charge is -2.07. The zero-order chi connectivity index (χ0) is 22.4. The van der Waals surface area contributed by atoms with E-state index in [0.717, 1.165) is 0 Å². The Morgan fingerprint density at radius 1 is 1.12 bits per heavy atom. The van der Waals surface area contributed by atoms with Crippen LogP contribution in [-0.4, -0.2) is 31.2 Å². The van der Waals surface area contributed by atoms with Crippen LogP contribution >= 0.6 is 11.6 Å². The molecule has 0 bridgehead atoms. The minimum atomic E-state index is -0.360. The third-order valence-electron chi connectivity index (χ3n) is 5.35. The minimum Gasteiger partial charge on any atom is -0.508 e. The molecule has 5 aromatic rings. The highest BCUT2D eigenvalue weighted by Gasteiger charge is 2.24. The summed E-state index contributed by atoms with van der Waals surface area (Å²) in [4.78, 5) is 34.6. The van der Waals surface area contributed by atoms with Crippen LogP contribution in [0.2, 0.25) is 5.02 Å². The van der Waals surface area contributed by atoms with Crippen molar-refractivity contribution in [1.82, 2.24) is 14.5 Å². The molecular weight excluding hydrogens is 430 g/mol. The number of hydrogen-bond acceptors (Lipinski definition) is 6. The first-order chi connectivity index (χ1) is 15.4. The van der Waals surface area contributed by atoms with Crippen LogP contribution in [0.4, 0.5) is 0 Å². The third-order valence-corrected chi connectivity index (χ3v) is 5.60. The van der Waals surface area contributed by atoms with Gasteiger partial charge in [-0.3, -0.25) is 9.59 Å². The number of halogens is 1. The molecule has 0 spiro atoms. The predicted molar refractivity (Wildman–Crippen MR) is 119 cm³/mol. The van der Waals surface area contributed by atoms with E-state index in [-0.39, 0.29) is 29.8 Å². The number of aromatic hydroxyl groups is 1. The van der Waals surface area contributed by atoms with Crippen molar-refractivity contribution >= 4 is 45.3 Å². The van der Waals surface area contributed by atoms with Gasteiger partial charge in [-0.25, -0.2) is 4.98 Å². The lowest BCUT2D eigenvalue weighted by Crippen LogP contribution is -2.13. The number of oxazole rings is 1. The summed E-state index contributed by atoms with van der Waals surface area (Å²) in [6, 6.07) is 14.7. The van der Waals surface area contributed by atoms with Gasteiger partial charge >= 0.3 is 0 Å². The zero-order valence-electron chi connectivity index (χ0n) is 16.9. The van der Waals surface area contributed by atoms with Crippen LogP contribution in [0.5, 0.6) is 5.75 Å². The third kappa shape index (κ3) is 3.33. The van der Waals surface area contributed by atoms with Gasteiger partial charge in [0.2, 0.25) is 5.78 Å². The van der Waals surface area contributed by atoms with Gasteiger partial charge in [0.25, 0.3) is 5.89 Å². The number of fused-ring (bicyclic) bond motifs is 2. The van der Waals surface area contributed by atoms with Crippen LogP contribution < -0.4 is 0 Å². The van der Waals surface area contributed by atoms with Crippen LogP contribution in [0.25, 0.3) is 22.1 Å². The molecule has 0 aliphatic carbocycles. The lowest BCUT2D eigenvalue weighted by atomic mass is 10.0. The molecule has 0 amide bonds. The maximum atomic E-state index is 13.3. The van der Waals surface area contributed by atoms with Crippen LogP contribution in [0, 0.1) is 6.92 Å². The van der Waals surface area contributed by atoms with Gasteiger partial charge in [0.1, 0.15) is 5.75 Å². The molecule has 3 aromatic heterocycles. The topological polar surface area (TPSA) is 98.2 Å². The fourth-order valence-corrected chi connectivity index (χ4v) is 3.93. The van der Waals surface area contributed by atoms with Gasteiger partial charge in [-0.15, -0.1) is 0 Å². The first-order valence-electron chi connectivity index (χ1n) is 9.79. The van der Waals surface area contributed by atoms with Crippen molar-refractivity contribution in [1.29, 1.82) is 0 Å². The molecular formula is C24H16ClN3O4. The maximum absolute atomic E-state index is 13.3. The number of nitrogens with zero attached hydrogens (tertiary/aromatic N) is 3. The second-order valence-corrected chi connectivity index (χ2v) is 7.79. The Balaban J connectivity index is 1.60. The number of phenols is 1. The summed E-state index contributed by atoms with van der Waals surface area (Å²) in [7, 11) is 0. The smallest absolute Gasteiger partial charge is 0.267 e. The highest BCUT2D eigenvalue weighted by Crippen LogP contribution is 2.31. The minimum absolute atomic E-state index is 0.0242. The molecule has 0 saturated carbocycles. The van der Waals surface area contributed by atoms with E-state index in [9.17, 15) is 14.7 Å². The first kappa shape index (κ1) is 20.0. The number of phenolic OH excluding ortho intramolecular Hbond substituents is 1. The van der Waals surface area contributed by atoms with Crippen LogP contribution in [0.15, 0.2) is 65.2 Å². The highest BCUT2D eigenvalue weighted by molar-refractivity contribution is 6.30.